The minimum Gasteiger partial charge on any atom is -0.378 e. The van der Waals surface area contributed by atoms with Crippen LogP contribution in [-0.2, 0) is 19.6 Å². The molecule has 0 aromatic heterocycles. The summed E-state index contributed by atoms with van der Waals surface area (Å²) in [4.78, 5) is 14.1. The van der Waals surface area contributed by atoms with E-state index in [1.54, 1.807) is 24.1 Å². The number of nitrogens with zero attached hydrogens (tertiary/aromatic N) is 2. The minimum absolute atomic E-state index is 0.0590. The Morgan fingerprint density at radius 3 is 2.55 bits per heavy atom. The smallest absolute Gasteiger partial charge is 0.243 e. The van der Waals surface area contributed by atoms with E-state index >= 15 is 0 Å². The summed E-state index contributed by atoms with van der Waals surface area (Å²) in [5.74, 6) is -0.518. The van der Waals surface area contributed by atoms with Gasteiger partial charge in [-0.25, -0.2) is 8.42 Å². The van der Waals surface area contributed by atoms with Gasteiger partial charge in [-0.2, -0.15) is 4.31 Å². The lowest BCUT2D eigenvalue weighted by Gasteiger charge is -2.28. The Kier molecular flexibility index (Phi) is 4.15. The molecule has 2 saturated heterocycles. The average Bonchev–Trinajstić information content (AvgIpc) is 2.65. The van der Waals surface area contributed by atoms with Gasteiger partial charge in [-0.05, 0) is 24.3 Å². The number of hydrogen-bond acceptors (Lipinski definition) is 4. The maximum atomic E-state index is 12.8. The highest BCUT2D eigenvalue weighted by atomic mass is 35.5. The Hall–Kier alpha value is -1.15. The Bertz CT molecular complexity index is 677. The fourth-order valence-corrected chi connectivity index (χ4v) is 4.46. The molecule has 22 heavy (non-hydrogen) atoms. The highest BCUT2D eigenvalue weighted by Crippen LogP contribution is 2.25. The van der Waals surface area contributed by atoms with Gasteiger partial charge in [-0.1, -0.05) is 11.6 Å². The number of carbonyl (C=O) groups excluding carboxylic acids is 1. The first-order valence-corrected chi connectivity index (χ1v) is 8.81. The molecule has 2 aliphatic rings. The molecule has 2 bridgehead atoms. The maximum Gasteiger partial charge on any atom is 0.243 e. The lowest BCUT2D eigenvalue weighted by molar-refractivity contribution is -0.133. The SMILES string of the molecule is CN1C(=O)[C@H]2COC[C@@H]1CN(S(=O)(=O)c1ccc(Cl)cc1)C2. The summed E-state index contributed by atoms with van der Waals surface area (Å²) in [5.41, 5.74) is 0. The first kappa shape index (κ1) is 15.7. The maximum absolute atomic E-state index is 12.8. The molecule has 0 spiro atoms. The van der Waals surface area contributed by atoms with Gasteiger partial charge in [0.1, 0.15) is 0 Å². The van der Waals surface area contributed by atoms with E-state index in [9.17, 15) is 13.2 Å². The number of amides is 1. The summed E-state index contributed by atoms with van der Waals surface area (Å²) in [6.07, 6.45) is 0. The van der Waals surface area contributed by atoms with Crippen molar-refractivity contribution >= 4 is 27.5 Å². The van der Waals surface area contributed by atoms with Crippen LogP contribution >= 0.6 is 11.6 Å². The predicted molar refractivity (Wildman–Crippen MR) is 81.1 cm³/mol. The van der Waals surface area contributed by atoms with Crippen molar-refractivity contribution < 1.29 is 17.9 Å². The van der Waals surface area contributed by atoms with Gasteiger partial charge in [0.25, 0.3) is 0 Å². The van der Waals surface area contributed by atoms with Crippen LogP contribution in [0.4, 0.5) is 0 Å². The third kappa shape index (κ3) is 2.74. The van der Waals surface area contributed by atoms with Gasteiger partial charge in [0.15, 0.2) is 0 Å². The van der Waals surface area contributed by atoms with E-state index in [4.69, 9.17) is 16.3 Å². The van der Waals surface area contributed by atoms with Crippen molar-refractivity contribution in [3.63, 3.8) is 0 Å². The zero-order valence-electron chi connectivity index (χ0n) is 12.1. The molecule has 8 heteroatoms. The summed E-state index contributed by atoms with van der Waals surface area (Å²) >= 11 is 5.81. The number of sulfonamides is 1. The number of hydrogen-bond donors (Lipinski definition) is 0. The monoisotopic (exact) mass is 344 g/mol. The van der Waals surface area contributed by atoms with E-state index in [0.29, 0.717) is 11.6 Å². The Labute approximate surface area is 134 Å². The third-order valence-corrected chi connectivity index (χ3v) is 6.26. The molecule has 0 radical (unpaired) electrons. The van der Waals surface area contributed by atoms with Crippen LogP contribution in [0.3, 0.4) is 0 Å². The molecule has 6 nitrogen and oxygen atoms in total. The van der Waals surface area contributed by atoms with Gasteiger partial charge in [0, 0.05) is 25.2 Å². The van der Waals surface area contributed by atoms with Crippen molar-refractivity contribution in [1.29, 1.82) is 0 Å². The summed E-state index contributed by atoms with van der Waals surface area (Å²) < 4.78 is 32.5. The largest absolute Gasteiger partial charge is 0.378 e. The van der Waals surface area contributed by atoms with Crippen LogP contribution in [0.2, 0.25) is 5.02 Å². The normalized spacial score (nSPS) is 26.8. The van der Waals surface area contributed by atoms with E-state index in [1.165, 1.54) is 16.4 Å². The predicted octanol–water partition coefficient (Wildman–Crippen LogP) is 0.818. The van der Waals surface area contributed by atoms with Crippen molar-refractivity contribution in [1.82, 2.24) is 9.21 Å². The fourth-order valence-electron chi connectivity index (χ4n) is 2.81. The van der Waals surface area contributed by atoms with Gasteiger partial charge in [0.05, 0.1) is 30.1 Å². The standard InChI is InChI=1S/C14H17ClN2O4S/c1-16-12-7-17(6-10(14(16)18)8-21-9-12)22(19,20)13-4-2-11(15)3-5-13/h2-5,10,12H,6-9H2,1H3/t10-,12+/m1/s1. The highest BCUT2D eigenvalue weighted by Gasteiger charge is 2.41. The average molecular weight is 345 g/mol. The first-order chi connectivity index (χ1) is 10.4. The van der Waals surface area contributed by atoms with Crippen LogP contribution in [0, 0.1) is 5.92 Å². The summed E-state index contributed by atoms with van der Waals surface area (Å²) in [7, 11) is -1.95. The molecule has 0 aliphatic carbocycles. The fraction of sp³-hybridized carbons (Fsp3) is 0.500. The molecule has 120 valence electrons. The van der Waals surface area contributed by atoms with Crippen LogP contribution < -0.4 is 0 Å². The molecule has 0 N–H and O–H groups in total. The molecular formula is C14H17ClN2O4S. The zero-order valence-corrected chi connectivity index (χ0v) is 13.7. The van der Waals surface area contributed by atoms with Gasteiger partial charge in [-0.3, -0.25) is 4.79 Å². The van der Waals surface area contributed by atoms with Crippen molar-refractivity contribution in [3.05, 3.63) is 29.3 Å². The molecule has 2 heterocycles. The first-order valence-electron chi connectivity index (χ1n) is 6.99. The van der Waals surface area contributed by atoms with Crippen molar-refractivity contribution in [3.8, 4) is 0 Å². The van der Waals surface area contributed by atoms with Crippen LogP contribution in [0.25, 0.3) is 0 Å². The van der Waals surface area contributed by atoms with Gasteiger partial charge < -0.3 is 9.64 Å². The third-order valence-electron chi connectivity index (χ3n) is 4.16. The second-order valence-electron chi connectivity index (χ2n) is 5.61. The molecule has 1 amide bonds. The number of carbonyl (C=O) groups is 1. The second kappa shape index (κ2) is 5.81. The van der Waals surface area contributed by atoms with E-state index in [0.717, 1.165) is 0 Å². The Morgan fingerprint density at radius 1 is 1.18 bits per heavy atom. The zero-order chi connectivity index (χ0) is 15.9. The lowest BCUT2D eigenvalue weighted by Crippen LogP contribution is -2.45. The topological polar surface area (TPSA) is 66.9 Å². The lowest BCUT2D eigenvalue weighted by atomic mass is 10.1. The van der Waals surface area contributed by atoms with Crippen molar-refractivity contribution in [2.24, 2.45) is 5.92 Å². The van der Waals surface area contributed by atoms with Crippen LogP contribution in [0.1, 0.15) is 0 Å². The molecule has 1 aromatic rings. The molecule has 0 saturated carbocycles. The van der Waals surface area contributed by atoms with E-state index in [2.05, 4.69) is 0 Å². The van der Waals surface area contributed by atoms with Crippen molar-refractivity contribution in [2.45, 2.75) is 10.9 Å². The number of halogens is 1. The molecule has 0 unspecified atom stereocenters. The number of likely N-dealkylation sites (N-methyl/N-ethyl adjacent to an activating group) is 1. The van der Waals surface area contributed by atoms with Gasteiger partial charge >= 0.3 is 0 Å². The van der Waals surface area contributed by atoms with E-state index in [1.807, 2.05) is 0 Å². The van der Waals surface area contributed by atoms with Crippen LogP contribution in [0.15, 0.2) is 29.2 Å². The van der Waals surface area contributed by atoms with Gasteiger partial charge in [-0.15, -0.1) is 0 Å². The summed E-state index contributed by atoms with van der Waals surface area (Å²) in [6, 6.07) is 5.81. The number of fused-ring (bicyclic) bond motifs is 3. The van der Waals surface area contributed by atoms with E-state index < -0.39 is 15.9 Å². The minimum atomic E-state index is -3.65. The molecule has 2 aliphatic heterocycles. The Morgan fingerprint density at radius 2 is 1.86 bits per heavy atom. The van der Waals surface area contributed by atoms with Crippen LogP contribution in [0.5, 0.6) is 0 Å². The van der Waals surface area contributed by atoms with Gasteiger partial charge in [0.2, 0.25) is 15.9 Å². The van der Waals surface area contributed by atoms with Crippen LogP contribution in [-0.4, -0.2) is 62.9 Å². The Balaban J connectivity index is 1.94. The van der Waals surface area contributed by atoms with E-state index in [-0.39, 0.29) is 36.5 Å². The quantitative estimate of drug-likeness (QED) is 0.796. The van der Waals surface area contributed by atoms with Crippen molar-refractivity contribution in [2.75, 3.05) is 33.4 Å². The number of rotatable bonds is 2. The summed E-state index contributed by atoms with van der Waals surface area (Å²) in [5, 5.41) is 0.481. The number of benzene rings is 1. The highest BCUT2D eigenvalue weighted by molar-refractivity contribution is 7.89. The number of ether oxygens (including phenoxy) is 1. The molecule has 3 rings (SSSR count). The molecule has 2 fully saturated rings. The molecule has 1 aromatic carbocycles. The summed E-state index contributed by atoms with van der Waals surface area (Å²) in [6.45, 7) is 0.992. The second-order valence-corrected chi connectivity index (χ2v) is 7.99. The molecule has 2 atom stereocenters. The molecular weight excluding hydrogens is 328 g/mol.